The van der Waals surface area contributed by atoms with Gasteiger partial charge in [0.25, 0.3) is 0 Å². The van der Waals surface area contributed by atoms with E-state index in [0.29, 0.717) is 19.3 Å². The molecule has 0 saturated carbocycles. The standard InChI is InChI=1S/C14H19NO7/c1-8(16)20-12-7-15-11(5-4-6-13(15)19)14(12,21-9(2)17)22-10(3)18/h11-12H,4-7H2,1-3H3. The minimum Gasteiger partial charge on any atom is -0.452 e. The lowest BCUT2D eigenvalue weighted by atomic mass is 9.96. The summed E-state index contributed by atoms with van der Waals surface area (Å²) in [5, 5.41) is 0. The third-order valence-corrected chi connectivity index (χ3v) is 3.76. The second-order valence-corrected chi connectivity index (χ2v) is 5.46. The number of amides is 1. The lowest BCUT2D eigenvalue weighted by Gasteiger charge is -2.39. The van der Waals surface area contributed by atoms with Crippen LogP contribution in [0.1, 0.15) is 40.0 Å². The van der Waals surface area contributed by atoms with E-state index in [0.717, 1.165) is 0 Å². The number of hydrogen-bond acceptors (Lipinski definition) is 7. The van der Waals surface area contributed by atoms with Gasteiger partial charge in [-0.1, -0.05) is 0 Å². The normalized spacial score (nSPS) is 26.1. The predicted molar refractivity (Wildman–Crippen MR) is 71.2 cm³/mol. The third kappa shape index (κ3) is 2.90. The molecular weight excluding hydrogens is 294 g/mol. The largest absolute Gasteiger partial charge is 0.452 e. The maximum absolute atomic E-state index is 12.1. The molecule has 22 heavy (non-hydrogen) atoms. The van der Waals surface area contributed by atoms with Crippen molar-refractivity contribution in [2.75, 3.05) is 6.54 Å². The SMILES string of the molecule is CC(=O)OC1CN2C(=O)CCCC2C1(OC(C)=O)OC(C)=O. The van der Waals surface area contributed by atoms with Crippen molar-refractivity contribution in [3.63, 3.8) is 0 Å². The van der Waals surface area contributed by atoms with Gasteiger partial charge in [0.1, 0.15) is 6.04 Å². The first-order chi connectivity index (χ1) is 10.3. The molecule has 2 saturated heterocycles. The maximum atomic E-state index is 12.1. The van der Waals surface area contributed by atoms with Gasteiger partial charge in [-0.2, -0.15) is 0 Å². The summed E-state index contributed by atoms with van der Waals surface area (Å²) in [4.78, 5) is 47.9. The van der Waals surface area contributed by atoms with Gasteiger partial charge < -0.3 is 19.1 Å². The summed E-state index contributed by atoms with van der Waals surface area (Å²) in [7, 11) is 0. The van der Waals surface area contributed by atoms with Crippen LogP contribution in [0, 0.1) is 0 Å². The zero-order valence-corrected chi connectivity index (χ0v) is 12.8. The Bertz CT molecular complexity index is 499. The molecule has 2 aliphatic heterocycles. The van der Waals surface area contributed by atoms with Crippen LogP contribution in [0.5, 0.6) is 0 Å². The molecule has 0 aromatic carbocycles. The first-order valence-electron chi connectivity index (χ1n) is 7.12. The zero-order valence-electron chi connectivity index (χ0n) is 12.8. The summed E-state index contributed by atoms with van der Waals surface area (Å²) in [6.45, 7) is 3.57. The topological polar surface area (TPSA) is 99.2 Å². The highest BCUT2D eigenvalue weighted by molar-refractivity contribution is 5.79. The second kappa shape index (κ2) is 5.94. The van der Waals surface area contributed by atoms with Crippen LogP contribution >= 0.6 is 0 Å². The van der Waals surface area contributed by atoms with Gasteiger partial charge in [-0.05, 0) is 12.8 Å². The number of hydrogen-bond donors (Lipinski definition) is 0. The van der Waals surface area contributed by atoms with E-state index < -0.39 is 35.8 Å². The van der Waals surface area contributed by atoms with Crippen molar-refractivity contribution >= 4 is 23.8 Å². The molecule has 0 aromatic rings. The number of carbonyl (C=O) groups is 4. The monoisotopic (exact) mass is 313 g/mol. The van der Waals surface area contributed by atoms with Crippen molar-refractivity contribution in [2.24, 2.45) is 0 Å². The molecule has 8 nitrogen and oxygen atoms in total. The van der Waals surface area contributed by atoms with Crippen molar-refractivity contribution in [1.29, 1.82) is 0 Å². The molecule has 2 fully saturated rings. The first kappa shape index (κ1) is 16.3. The number of ether oxygens (including phenoxy) is 3. The smallest absolute Gasteiger partial charge is 0.315 e. The molecule has 1 amide bonds. The van der Waals surface area contributed by atoms with Crippen LogP contribution in [0.2, 0.25) is 0 Å². The fraction of sp³-hybridized carbons (Fsp3) is 0.714. The van der Waals surface area contributed by atoms with Crippen LogP contribution in [0.4, 0.5) is 0 Å². The average molecular weight is 313 g/mol. The third-order valence-electron chi connectivity index (χ3n) is 3.76. The molecule has 0 bridgehead atoms. The van der Waals surface area contributed by atoms with Crippen molar-refractivity contribution in [3.8, 4) is 0 Å². The molecule has 2 heterocycles. The first-order valence-corrected chi connectivity index (χ1v) is 7.12. The van der Waals surface area contributed by atoms with Crippen LogP contribution in [0.15, 0.2) is 0 Å². The highest BCUT2D eigenvalue weighted by Gasteiger charge is 2.64. The Kier molecular flexibility index (Phi) is 4.39. The lowest BCUT2D eigenvalue weighted by molar-refractivity contribution is -0.262. The number of esters is 3. The van der Waals surface area contributed by atoms with Gasteiger partial charge in [0.2, 0.25) is 5.91 Å². The highest BCUT2D eigenvalue weighted by Crippen LogP contribution is 2.41. The Hall–Kier alpha value is -2.12. The fourth-order valence-electron chi connectivity index (χ4n) is 3.15. The van der Waals surface area contributed by atoms with E-state index in [1.165, 1.54) is 25.7 Å². The van der Waals surface area contributed by atoms with Crippen LogP contribution in [-0.4, -0.2) is 53.2 Å². The summed E-state index contributed by atoms with van der Waals surface area (Å²) in [6, 6.07) is -0.647. The van der Waals surface area contributed by atoms with Gasteiger partial charge in [0, 0.05) is 27.2 Å². The zero-order chi connectivity index (χ0) is 16.5. The molecule has 2 rings (SSSR count). The van der Waals surface area contributed by atoms with E-state index in [2.05, 4.69) is 0 Å². The molecule has 0 spiro atoms. The molecule has 0 N–H and O–H groups in total. The van der Waals surface area contributed by atoms with Crippen molar-refractivity contribution in [2.45, 2.75) is 58.0 Å². The molecule has 8 heteroatoms. The van der Waals surface area contributed by atoms with Gasteiger partial charge in [0.05, 0.1) is 6.54 Å². The molecule has 2 unspecified atom stereocenters. The number of fused-ring (bicyclic) bond motifs is 1. The summed E-state index contributed by atoms with van der Waals surface area (Å²) in [5.74, 6) is -3.90. The van der Waals surface area contributed by atoms with Crippen LogP contribution < -0.4 is 0 Å². The summed E-state index contributed by atoms with van der Waals surface area (Å²) in [5.41, 5.74) is 0. The molecule has 2 atom stereocenters. The Labute approximate surface area is 127 Å². The van der Waals surface area contributed by atoms with Crippen LogP contribution in [0.25, 0.3) is 0 Å². The molecule has 0 radical (unpaired) electrons. The minimum atomic E-state index is -1.78. The molecule has 0 aromatic heterocycles. The number of rotatable bonds is 3. The van der Waals surface area contributed by atoms with E-state index >= 15 is 0 Å². The van der Waals surface area contributed by atoms with Gasteiger partial charge >= 0.3 is 23.7 Å². The molecule has 0 aliphatic carbocycles. The van der Waals surface area contributed by atoms with Gasteiger partial charge in [-0.3, -0.25) is 19.2 Å². The summed E-state index contributed by atoms with van der Waals surface area (Å²) in [6.07, 6.45) is 0.394. The Morgan fingerprint density at radius 2 is 1.68 bits per heavy atom. The summed E-state index contributed by atoms with van der Waals surface area (Å²) >= 11 is 0. The predicted octanol–water partition coefficient (Wildman–Crippen LogP) is 0.135. The quantitative estimate of drug-likeness (QED) is 0.539. The van der Waals surface area contributed by atoms with E-state index in [-0.39, 0.29) is 12.5 Å². The molecule has 2 aliphatic rings. The fourth-order valence-corrected chi connectivity index (χ4v) is 3.15. The molecule has 122 valence electrons. The van der Waals surface area contributed by atoms with Crippen molar-refractivity contribution in [1.82, 2.24) is 4.90 Å². The average Bonchev–Trinajstić information content (AvgIpc) is 2.63. The van der Waals surface area contributed by atoms with E-state index in [1.807, 2.05) is 0 Å². The Morgan fingerprint density at radius 1 is 1.09 bits per heavy atom. The van der Waals surface area contributed by atoms with E-state index in [1.54, 1.807) is 0 Å². The van der Waals surface area contributed by atoms with Crippen molar-refractivity contribution in [3.05, 3.63) is 0 Å². The Balaban J connectivity index is 2.44. The Morgan fingerprint density at radius 3 is 2.18 bits per heavy atom. The second-order valence-electron chi connectivity index (χ2n) is 5.46. The summed E-state index contributed by atoms with van der Waals surface area (Å²) < 4.78 is 15.8. The van der Waals surface area contributed by atoms with Gasteiger partial charge in [-0.25, -0.2) is 0 Å². The lowest BCUT2D eigenvalue weighted by Crippen LogP contribution is -2.57. The molecular formula is C14H19NO7. The van der Waals surface area contributed by atoms with Crippen LogP contribution in [0.3, 0.4) is 0 Å². The highest BCUT2D eigenvalue weighted by atomic mass is 16.8. The van der Waals surface area contributed by atoms with Gasteiger partial charge in [-0.15, -0.1) is 0 Å². The maximum Gasteiger partial charge on any atom is 0.315 e. The number of carbonyl (C=O) groups excluding carboxylic acids is 4. The number of nitrogens with zero attached hydrogens (tertiary/aromatic N) is 1. The minimum absolute atomic E-state index is 0.0314. The van der Waals surface area contributed by atoms with E-state index in [4.69, 9.17) is 14.2 Å². The van der Waals surface area contributed by atoms with E-state index in [9.17, 15) is 19.2 Å². The van der Waals surface area contributed by atoms with Crippen molar-refractivity contribution < 1.29 is 33.4 Å². The van der Waals surface area contributed by atoms with Crippen LogP contribution in [-0.2, 0) is 33.4 Å². The number of piperidine rings is 1. The van der Waals surface area contributed by atoms with Gasteiger partial charge in [0.15, 0.2) is 6.10 Å².